The fraction of sp³-hybridized carbons (Fsp3) is 0.429. The number of hydrogen-bond acceptors (Lipinski definition) is 3. The van der Waals surface area contributed by atoms with Gasteiger partial charge in [-0.2, -0.15) is 0 Å². The highest BCUT2D eigenvalue weighted by molar-refractivity contribution is 7.84. The van der Waals surface area contributed by atoms with Gasteiger partial charge in [-0.25, -0.2) is 9.59 Å². The van der Waals surface area contributed by atoms with E-state index in [9.17, 15) is 13.8 Å². The Labute approximate surface area is 126 Å². The SMILES string of the molecule is CCS(=O)CCNC(=O)NCCc1cccc(C(=O)O)c1. The second-order valence-electron chi connectivity index (χ2n) is 4.37. The van der Waals surface area contributed by atoms with Crippen LogP contribution in [0.25, 0.3) is 0 Å². The Kier molecular flexibility index (Phi) is 7.45. The summed E-state index contributed by atoms with van der Waals surface area (Å²) in [5.74, 6) is 0.0693. The van der Waals surface area contributed by atoms with E-state index in [0.717, 1.165) is 5.56 Å². The van der Waals surface area contributed by atoms with Crippen molar-refractivity contribution in [3.63, 3.8) is 0 Å². The minimum absolute atomic E-state index is 0.235. The van der Waals surface area contributed by atoms with Gasteiger partial charge in [-0.3, -0.25) is 4.21 Å². The normalized spacial score (nSPS) is 11.7. The molecular formula is C14H20N2O4S. The lowest BCUT2D eigenvalue weighted by atomic mass is 10.1. The molecule has 116 valence electrons. The minimum Gasteiger partial charge on any atom is -0.478 e. The molecule has 1 unspecified atom stereocenters. The van der Waals surface area contributed by atoms with Crippen LogP contribution >= 0.6 is 0 Å². The van der Waals surface area contributed by atoms with E-state index in [2.05, 4.69) is 10.6 Å². The Morgan fingerprint density at radius 1 is 1.24 bits per heavy atom. The second-order valence-corrected chi connectivity index (χ2v) is 6.24. The first-order valence-corrected chi connectivity index (χ1v) is 8.20. The summed E-state index contributed by atoms with van der Waals surface area (Å²) in [4.78, 5) is 22.3. The number of carbonyl (C=O) groups excluding carboxylic acids is 1. The molecule has 0 fully saturated rings. The van der Waals surface area contributed by atoms with Crippen molar-refractivity contribution in [1.29, 1.82) is 0 Å². The number of rotatable bonds is 8. The molecule has 0 aliphatic carbocycles. The van der Waals surface area contributed by atoms with Crippen LogP contribution in [0.15, 0.2) is 24.3 Å². The molecule has 1 aromatic carbocycles. The van der Waals surface area contributed by atoms with Gasteiger partial charge in [-0.05, 0) is 24.1 Å². The maximum Gasteiger partial charge on any atom is 0.335 e. The lowest BCUT2D eigenvalue weighted by Crippen LogP contribution is -2.38. The monoisotopic (exact) mass is 312 g/mol. The van der Waals surface area contributed by atoms with Crippen LogP contribution in [0.4, 0.5) is 4.79 Å². The van der Waals surface area contributed by atoms with Gasteiger partial charge in [-0.15, -0.1) is 0 Å². The zero-order valence-electron chi connectivity index (χ0n) is 11.9. The third-order valence-electron chi connectivity index (χ3n) is 2.81. The number of amides is 2. The van der Waals surface area contributed by atoms with Crippen molar-refractivity contribution in [1.82, 2.24) is 10.6 Å². The fourth-order valence-electron chi connectivity index (χ4n) is 1.67. The fourth-order valence-corrected chi connectivity index (χ4v) is 2.28. The largest absolute Gasteiger partial charge is 0.478 e. The minimum atomic E-state index is -0.966. The molecule has 7 heteroatoms. The summed E-state index contributed by atoms with van der Waals surface area (Å²) >= 11 is 0. The summed E-state index contributed by atoms with van der Waals surface area (Å²) in [6.07, 6.45) is 0.551. The lowest BCUT2D eigenvalue weighted by molar-refractivity contribution is 0.0696. The van der Waals surface area contributed by atoms with Crippen molar-refractivity contribution in [2.75, 3.05) is 24.6 Å². The van der Waals surface area contributed by atoms with Crippen molar-refractivity contribution < 1.29 is 18.9 Å². The van der Waals surface area contributed by atoms with Gasteiger partial charge in [-0.1, -0.05) is 19.1 Å². The van der Waals surface area contributed by atoms with Gasteiger partial charge in [0.15, 0.2) is 0 Å². The maximum absolute atomic E-state index is 11.5. The van der Waals surface area contributed by atoms with E-state index in [-0.39, 0.29) is 11.6 Å². The first-order chi connectivity index (χ1) is 10.0. The van der Waals surface area contributed by atoms with Crippen LogP contribution < -0.4 is 10.6 Å². The average molecular weight is 312 g/mol. The molecule has 2 amide bonds. The van der Waals surface area contributed by atoms with E-state index in [1.54, 1.807) is 12.1 Å². The van der Waals surface area contributed by atoms with Crippen molar-refractivity contribution >= 4 is 22.8 Å². The molecule has 21 heavy (non-hydrogen) atoms. The number of carboxylic acid groups (broad SMARTS) is 1. The smallest absolute Gasteiger partial charge is 0.335 e. The molecule has 6 nitrogen and oxygen atoms in total. The van der Waals surface area contributed by atoms with Gasteiger partial charge in [0, 0.05) is 35.4 Å². The predicted molar refractivity (Wildman–Crippen MR) is 82.1 cm³/mol. The van der Waals surface area contributed by atoms with Crippen LogP contribution in [0.2, 0.25) is 0 Å². The van der Waals surface area contributed by atoms with Crippen LogP contribution in [0, 0.1) is 0 Å². The Morgan fingerprint density at radius 3 is 2.62 bits per heavy atom. The molecule has 1 rings (SSSR count). The topological polar surface area (TPSA) is 95.5 Å². The Morgan fingerprint density at radius 2 is 1.95 bits per heavy atom. The third kappa shape index (κ3) is 6.89. The van der Waals surface area contributed by atoms with E-state index < -0.39 is 16.8 Å². The summed E-state index contributed by atoms with van der Waals surface area (Å²) in [6, 6.07) is 6.30. The molecular weight excluding hydrogens is 292 g/mol. The molecule has 0 spiro atoms. The highest BCUT2D eigenvalue weighted by Gasteiger charge is 2.04. The van der Waals surface area contributed by atoms with Gasteiger partial charge in [0.1, 0.15) is 0 Å². The van der Waals surface area contributed by atoms with Gasteiger partial charge >= 0.3 is 12.0 Å². The number of benzene rings is 1. The number of nitrogens with one attached hydrogen (secondary N) is 2. The van der Waals surface area contributed by atoms with Crippen molar-refractivity contribution in [2.24, 2.45) is 0 Å². The Balaban J connectivity index is 2.27. The quantitative estimate of drug-likeness (QED) is 0.667. The molecule has 0 aromatic heterocycles. The average Bonchev–Trinajstić information content (AvgIpc) is 2.47. The van der Waals surface area contributed by atoms with Gasteiger partial charge in [0.25, 0.3) is 0 Å². The number of carboxylic acids is 1. The summed E-state index contributed by atoms with van der Waals surface area (Å²) < 4.78 is 11.2. The number of aromatic carboxylic acids is 1. The summed E-state index contributed by atoms with van der Waals surface area (Å²) in [5, 5.41) is 14.2. The highest BCUT2D eigenvalue weighted by atomic mass is 32.2. The maximum atomic E-state index is 11.5. The zero-order chi connectivity index (χ0) is 15.7. The molecule has 0 saturated carbocycles. The van der Waals surface area contributed by atoms with Crippen LogP contribution in [-0.2, 0) is 17.2 Å². The first-order valence-electron chi connectivity index (χ1n) is 6.72. The van der Waals surface area contributed by atoms with Gasteiger partial charge in [0.05, 0.1) is 5.56 Å². The van der Waals surface area contributed by atoms with Crippen molar-refractivity contribution in [3.8, 4) is 0 Å². The van der Waals surface area contributed by atoms with Crippen LogP contribution in [0.3, 0.4) is 0 Å². The molecule has 0 saturated heterocycles. The second kappa shape index (κ2) is 9.12. The van der Waals surface area contributed by atoms with E-state index >= 15 is 0 Å². The molecule has 0 aliphatic rings. The van der Waals surface area contributed by atoms with Gasteiger partial charge in [0.2, 0.25) is 0 Å². The summed E-state index contributed by atoms with van der Waals surface area (Å²) in [5.41, 5.74) is 1.08. The molecule has 1 aromatic rings. The third-order valence-corrected chi connectivity index (χ3v) is 4.11. The predicted octanol–water partition coefficient (Wildman–Crippen LogP) is 0.995. The molecule has 0 aliphatic heterocycles. The molecule has 1 atom stereocenters. The first kappa shape index (κ1) is 17.2. The molecule has 0 radical (unpaired) electrons. The summed E-state index contributed by atoms with van der Waals surface area (Å²) in [7, 11) is -0.884. The Bertz CT molecular complexity index is 519. The molecule has 0 bridgehead atoms. The number of urea groups is 1. The van der Waals surface area contributed by atoms with Crippen LogP contribution in [0.5, 0.6) is 0 Å². The van der Waals surface area contributed by atoms with Crippen LogP contribution in [-0.4, -0.2) is 45.9 Å². The molecule has 0 heterocycles. The summed E-state index contributed by atoms with van der Waals surface area (Å²) in [6.45, 7) is 2.62. The highest BCUT2D eigenvalue weighted by Crippen LogP contribution is 2.05. The van der Waals surface area contributed by atoms with E-state index in [4.69, 9.17) is 5.11 Å². The standard InChI is InChI=1S/C14H20N2O4S/c1-2-21(20)9-8-16-14(19)15-7-6-11-4-3-5-12(10-11)13(17)18/h3-5,10H,2,6-9H2,1H3,(H,17,18)(H2,15,16,19). The van der Waals surface area contributed by atoms with Crippen molar-refractivity contribution in [3.05, 3.63) is 35.4 Å². The number of hydrogen-bond donors (Lipinski definition) is 3. The lowest BCUT2D eigenvalue weighted by Gasteiger charge is -2.07. The molecule has 3 N–H and O–H groups in total. The number of carbonyl (C=O) groups is 2. The van der Waals surface area contributed by atoms with Crippen molar-refractivity contribution in [2.45, 2.75) is 13.3 Å². The van der Waals surface area contributed by atoms with E-state index in [0.29, 0.717) is 31.0 Å². The van der Waals surface area contributed by atoms with Crippen LogP contribution in [0.1, 0.15) is 22.8 Å². The van der Waals surface area contributed by atoms with Gasteiger partial charge < -0.3 is 15.7 Å². The Hall–Kier alpha value is -1.89. The van der Waals surface area contributed by atoms with E-state index in [1.165, 1.54) is 6.07 Å². The van der Waals surface area contributed by atoms with E-state index in [1.807, 2.05) is 13.0 Å². The zero-order valence-corrected chi connectivity index (χ0v) is 12.7.